The molecule has 1 aromatic carbocycles. The topological polar surface area (TPSA) is 58.2 Å². The fourth-order valence-electron chi connectivity index (χ4n) is 1.32. The van der Waals surface area contributed by atoms with Crippen molar-refractivity contribution < 1.29 is 9.59 Å². The van der Waals surface area contributed by atoms with Gasteiger partial charge in [0.05, 0.1) is 5.56 Å². The standard InChI is InChI=1S/C12H15IN2O2/c1-2-14-11(16)7-8-15-12(17)9-5-3-4-6-10(9)13/h3-6H,2,7-8H2,1H3,(H,14,16)(H,15,17). The number of benzene rings is 1. The van der Waals surface area contributed by atoms with Gasteiger partial charge in [-0.3, -0.25) is 9.59 Å². The number of nitrogens with one attached hydrogen (secondary N) is 2. The highest BCUT2D eigenvalue weighted by Crippen LogP contribution is 2.10. The Bertz CT molecular complexity index is 407. The van der Waals surface area contributed by atoms with Crippen molar-refractivity contribution in [3.05, 3.63) is 33.4 Å². The Kier molecular flexibility index (Phi) is 5.96. The van der Waals surface area contributed by atoms with Crippen LogP contribution in [0.1, 0.15) is 23.7 Å². The van der Waals surface area contributed by atoms with Crippen molar-refractivity contribution in [2.45, 2.75) is 13.3 Å². The van der Waals surface area contributed by atoms with Crippen LogP contribution >= 0.6 is 22.6 Å². The molecule has 1 rings (SSSR count). The molecule has 0 saturated heterocycles. The van der Waals surface area contributed by atoms with E-state index in [1.54, 1.807) is 6.07 Å². The van der Waals surface area contributed by atoms with Gasteiger partial charge in [-0.05, 0) is 41.6 Å². The molecule has 0 aliphatic rings. The molecular weight excluding hydrogens is 331 g/mol. The number of amides is 2. The van der Waals surface area contributed by atoms with E-state index in [1.807, 2.05) is 25.1 Å². The SMILES string of the molecule is CCNC(=O)CCNC(=O)c1ccccc1I. The summed E-state index contributed by atoms with van der Waals surface area (Å²) in [6, 6.07) is 7.34. The minimum absolute atomic E-state index is 0.0458. The Morgan fingerprint density at radius 1 is 1.24 bits per heavy atom. The van der Waals surface area contributed by atoms with Gasteiger partial charge < -0.3 is 10.6 Å². The summed E-state index contributed by atoms with van der Waals surface area (Å²) in [7, 11) is 0. The van der Waals surface area contributed by atoms with Gasteiger partial charge in [0, 0.05) is 23.1 Å². The molecule has 2 N–H and O–H groups in total. The number of hydrogen-bond acceptors (Lipinski definition) is 2. The van der Waals surface area contributed by atoms with E-state index >= 15 is 0 Å². The van der Waals surface area contributed by atoms with Gasteiger partial charge in [0.15, 0.2) is 0 Å². The van der Waals surface area contributed by atoms with E-state index in [2.05, 4.69) is 33.2 Å². The molecule has 0 unspecified atom stereocenters. The highest BCUT2D eigenvalue weighted by molar-refractivity contribution is 14.1. The predicted octanol–water partition coefficient (Wildman–Crippen LogP) is 1.55. The van der Waals surface area contributed by atoms with Gasteiger partial charge in [-0.25, -0.2) is 0 Å². The Morgan fingerprint density at radius 2 is 1.94 bits per heavy atom. The maximum atomic E-state index is 11.8. The molecule has 5 heteroatoms. The lowest BCUT2D eigenvalue weighted by Crippen LogP contribution is -2.30. The Hall–Kier alpha value is -1.11. The molecule has 1 aromatic rings. The molecule has 0 aliphatic heterocycles. The maximum Gasteiger partial charge on any atom is 0.252 e. The molecule has 17 heavy (non-hydrogen) atoms. The van der Waals surface area contributed by atoms with Crippen LogP contribution in [0.25, 0.3) is 0 Å². The minimum Gasteiger partial charge on any atom is -0.356 e. The number of carbonyl (C=O) groups excluding carboxylic acids is 2. The molecule has 0 heterocycles. The van der Waals surface area contributed by atoms with Crippen LogP contribution in [0.3, 0.4) is 0 Å². The first-order valence-electron chi connectivity index (χ1n) is 5.44. The molecule has 0 spiro atoms. The van der Waals surface area contributed by atoms with E-state index < -0.39 is 0 Å². The average molecular weight is 346 g/mol. The first-order valence-corrected chi connectivity index (χ1v) is 6.52. The first-order chi connectivity index (χ1) is 8.15. The second-order valence-corrected chi connectivity index (χ2v) is 4.60. The quantitative estimate of drug-likeness (QED) is 0.795. The third-order valence-electron chi connectivity index (χ3n) is 2.13. The third kappa shape index (κ3) is 4.72. The van der Waals surface area contributed by atoms with Gasteiger partial charge in [-0.15, -0.1) is 0 Å². The van der Waals surface area contributed by atoms with E-state index in [9.17, 15) is 9.59 Å². The summed E-state index contributed by atoms with van der Waals surface area (Å²) in [6.45, 7) is 2.84. The van der Waals surface area contributed by atoms with E-state index in [0.717, 1.165) is 3.57 Å². The lowest BCUT2D eigenvalue weighted by molar-refractivity contribution is -0.120. The fraction of sp³-hybridized carbons (Fsp3) is 0.333. The fourth-order valence-corrected chi connectivity index (χ4v) is 1.95. The van der Waals surface area contributed by atoms with Crippen LogP contribution in [-0.4, -0.2) is 24.9 Å². The number of hydrogen-bond donors (Lipinski definition) is 2. The van der Waals surface area contributed by atoms with Crippen LogP contribution < -0.4 is 10.6 Å². The Morgan fingerprint density at radius 3 is 2.59 bits per heavy atom. The monoisotopic (exact) mass is 346 g/mol. The summed E-state index contributed by atoms with van der Waals surface area (Å²) in [5, 5.41) is 5.40. The molecule has 92 valence electrons. The van der Waals surface area contributed by atoms with E-state index in [0.29, 0.717) is 25.1 Å². The van der Waals surface area contributed by atoms with Crippen LogP contribution in [-0.2, 0) is 4.79 Å². The molecule has 0 bridgehead atoms. The van der Waals surface area contributed by atoms with Gasteiger partial charge in [0.25, 0.3) is 5.91 Å². The zero-order valence-corrected chi connectivity index (χ0v) is 11.8. The number of halogens is 1. The van der Waals surface area contributed by atoms with Crippen LogP contribution in [0, 0.1) is 3.57 Å². The summed E-state index contributed by atoms with van der Waals surface area (Å²) in [4.78, 5) is 22.9. The van der Waals surface area contributed by atoms with Crippen molar-refractivity contribution in [1.82, 2.24) is 10.6 Å². The molecule has 0 saturated carbocycles. The Balaban J connectivity index is 2.41. The summed E-state index contributed by atoms with van der Waals surface area (Å²) >= 11 is 2.11. The second-order valence-electron chi connectivity index (χ2n) is 3.44. The molecule has 0 fully saturated rings. The van der Waals surface area contributed by atoms with E-state index in [1.165, 1.54) is 0 Å². The first kappa shape index (κ1) is 14.0. The predicted molar refractivity (Wildman–Crippen MR) is 74.8 cm³/mol. The van der Waals surface area contributed by atoms with Crippen LogP contribution in [0.15, 0.2) is 24.3 Å². The van der Waals surface area contributed by atoms with Crippen molar-refractivity contribution in [3.63, 3.8) is 0 Å². The average Bonchev–Trinajstić information content (AvgIpc) is 2.29. The third-order valence-corrected chi connectivity index (χ3v) is 3.07. The summed E-state index contributed by atoms with van der Waals surface area (Å²) in [5.74, 6) is -0.185. The van der Waals surface area contributed by atoms with Gasteiger partial charge in [0.1, 0.15) is 0 Å². The van der Waals surface area contributed by atoms with Crippen molar-refractivity contribution in [2.75, 3.05) is 13.1 Å². The minimum atomic E-state index is -0.140. The van der Waals surface area contributed by atoms with Crippen molar-refractivity contribution in [2.24, 2.45) is 0 Å². The molecule has 0 aliphatic carbocycles. The van der Waals surface area contributed by atoms with E-state index in [-0.39, 0.29) is 11.8 Å². The summed E-state index contributed by atoms with van der Waals surface area (Å²) in [5.41, 5.74) is 0.643. The van der Waals surface area contributed by atoms with Crippen LogP contribution in [0.5, 0.6) is 0 Å². The normalized spacial score (nSPS) is 9.76. The number of rotatable bonds is 5. The lowest BCUT2D eigenvalue weighted by Gasteiger charge is -2.06. The van der Waals surface area contributed by atoms with E-state index in [4.69, 9.17) is 0 Å². The lowest BCUT2D eigenvalue weighted by atomic mass is 10.2. The summed E-state index contributed by atoms with van der Waals surface area (Å²) in [6.07, 6.45) is 0.309. The van der Waals surface area contributed by atoms with Gasteiger partial charge >= 0.3 is 0 Å². The van der Waals surface area contributed by atoms with Gasteiger partial charge in [-0.2, -0.15) is 0 Å². The van der Waals surface area contributed by atoms with Crippen LogP contribution in [0.2, 0.25) is 0 Å². The molecule has 4 nitrogen and oxygen atoms in total. The zero-order valence-electron chi connectivity index (χ0n) is 9.63. The molecular formula is C12H15IN2O2. The number of carbonyl (C=O) groups is 2. The van der Waals surface area contributed by atoms with Gasteiger partial charge in [0.2, 0.25) is 5.91 Å². The Labute approximate surface area is 114 Å². The second kappa shape index (κ2) is 7.26. The maximum absolute atomic E-state index is 11.8. The molecule has 2 amide bonds. The largest absolute Gasteiger partial charge is 0.356 e. The molecule has 0 atom stereocenters. The van der Waals surface area contributed by atoms with Gasteiger partial charge in [-0.1, -0.05) is 12.1 Å². The molecule has 0 aromatic heterocycles. The van der Waals surface area contributed by atoms with Crippen molar-refractivity contribution >= 4 is 34.4 Å². The summed E-state index contributed by atoms with van der Waals surface area (Å²) < 4.78 is 0.903. The molecule has 0 radical (unpaired) electrons. The van der Waals surface area contributed by atoms with Crippen molar-refractivity contribution in [1.29, 1.82) is 0 Å². The highest BCUT2D eigenvalue weighted by Gasteiger charge is 2.08. The van der Waals surface area contributed by atoms with Crippen molar-refractivity contribution in [3.8, 4) is 0 Å². The van der Waals surface area contributed by atoms with Crippen LogP contribution in [0.4, 0.5) is 0 Å². The zero-order chi connectivity index (χ0) is 12.7. The highest BCUT2D eigenvalue weighted by atomic mass is 127. The smallest absolute Gasteiger partial charge is 0.252 e.